The Morgan fingerprint density at radius 2 is 2.11 bits per heavy atom. The minimum absolute atomic E-state index is 0.162. The summed E-state index contributed by atoms with van der Waals surface area (Å²) in [5.41, 5.74) is 0.571. The molecule has 0 saturated heterocycles. The summed E-state index contributed by atoms with van der Waals surface area (Å²) >= 11 is 4.80. The molecule has 0 aliphatic carbocycles. The van der Waals surface area contributed by atoms with E-state index in [-0.39, 0.29) is 18.0 Å². The van der Waals surface area contributed by atoms with Gasteiger partial charge in [-0.05, 0) is 39.7 Å². The number of halogens is 1. The second kappa shape index (κ2) is 6.15. The van der Waals surface area contributed by atoms with Gasteiger partial charge in [-0.15, -0.1) is 11.3 Å². The Morgan fingerprint density at radius 3 is 2.74 bits per heavy atom. The largest absolute Gasteiger partial charge is 0.392 e. The first-order valence-corrected chi connectivity index (χ1v) is 8.59. The van der Waals surface area contributed by atoms with Crippen LogP contribution in [0, 0.1) is 0 Å². The summed E-state index contributed by atoms with van der Waals surface area (Å²) in [5, 5.41) is 10.9. The zero-order valence-electron chi connectivity index (χ0n) is 9.84. The molecule has 0 radical (unpaired) electrons. The van der Waals surface area contributed by atoms with Crippen molar-refractivity contribution in [1.29, 1.82) is 0 Å². The summed E-state index contributed by atoms with van der Waals surface area (Å²) in [4.78, 5) is 1.09. The molecule has 0 amide bonds. The molecule has 0 spiro atoms. The topological polar surface area (TPSA) is 66.4 Å². The number of aliphatic hydroxyl groups is 1. The third-order valence-electron chi connectivity index (χ3n) is 2.45. The molecule has 0 atom stereocenters. The van der Waals surface area contributed by atoms with Crippen LogP contribution < -0.4 is 4.72 Å². The molecular weight excluding hydrogens is 350 g/mol. The van der Waals surface area contributed by atoms with Crippen molar-refractivity contribution >= 4 is 37.3 Å². The fourth-order valence-electron chi connectivity index (χ4n) is 1.51. The Morgan fingerprint density at radius 1 is 1.32 bits per heavy atom. The highest BCUT2D eigenvalue weighted by atomic mass is 79.9. The van der Waals surface area contributed by atoms with Crippen LogP contribution in [0.3, 0.4) is 0 Å². The van der Waals surface area contributed by atoms with E-state index in [0.717, 1.165) is 9.35 Å². The molecule has 4 nitrogen and oxygen atoms in total. The van der Waals surface area contributed by atoms with E-state index < -0.39 is 10.0 Å². The van der Waals surface area contributed by atoms with Crippen molar-refractivity contribution in [1.82, 2.24) is 4.72 Å². The maximum absolute atomic E-state index is 12.1. The van der Waals surface area contributed by atoms with Crippen LogP contribution in [0.2, 0.25) is 0 Å². The molecule has 0 fully saturated rings. The summed E-state index contributed by atoms with van der Waals surface area (Å²) in [6.45, 7) is 0.0726. The summed E-state index contributed by atoms with van der Waals surface area (Å²) in [6.07, 6.45) is 0. The minimum Gasteiger partial charge on any atom is -0.392 e. The number of aliphatic hydroxyl groups excluding tert-OH is 1. The van der Waals surface area contributed by atoms with E-state index in [1.165, 1.54) is 23.5 Å². The highest BCUT2D eigenvalue weighted by Gasteiger charge is 2.14. The summed E-state index contributed by atoms with van der Waals surface area (Å²) in [7, 11) is -3.55. The van der Waals surface area contributed by atoms with Crippen molar-refractivity contribution in [2.75, 3.05) is 0 Å². The highest BCUT2D eigenvalue weighted by Crippen LogP contribution is 2.20. The summed E-state index contributed by atoms with van der Waals surface area (Å²) in [5.74, 6) is 0. The van der Waals surface area contributed by atoms with Crippen LogP contribution in [0.15, 0.2) is 45.1 Å². The molecule has 102 valence electrons. The number of hydrogen-bond acceptors (Lipinski definition) is 4. The molecule has 1 aromatic carbocycles. The van der Waals surface area contributed by atoms with Crippen LogP contribution in [0.4, 0.5) is 0 Å². The third-order valence-corrected chi connectivity index (χ3v) is 5.55. The van der Waals surface area contributed by atoms with Crippen molar-refractivity contribution < 1.29 is 13.5 Å². The average molecular weight is 362 g/mol. The number of nitrogens with one attached hydrogen (secondary N) is 1. The minimum atomic E-state index is -3.55. The summed E-state index contributed by atoms with van der Waals surface area (Å²) in [6, 6.07) is 8.13. The Hall–Kier alpha value is -0.730. The van der Waals surface area contributed by atoms with Gasteiger partial charge in [0.05, 0.1) is 11.5 Å². The first-order chi connectivity index (χ1) is 9.01. The van der Waals surface area contributed by atoms with Gasteiger partial charge in [0, 0.05) is 21.3 Å². The van der Waals surface area contributed by atoms with E-state index in [4.69, 9.17) is 5.11 Å². The Kier molecular flexibility index (Phi) is 4.75. The Labute approximate surface area is 124 Å². The van der Waals surface area contributed by atoms with E-state index in [2.05, 4.69) is 20.7 Å². The number of benzene rings is 1. The molecule has 1 heterocycles. The molecule has 0 aliphatic heterocycles. The quantitative estimate of drug-likeness (QED) is 0.859. The van der Waals surface area contributed by atoms with Crippen LogP contribution in [0.25, 0.3) is 0 Å². The molecule has 0 bridgehead atoms. The number of thiophene rings is 1. The van der Waals surface area contributed by atoms with Crippen LogP contribution in [-0.4, -0.2) is 13.5 Å². The van der Waals surface area contributed by atoms with Gasteiger partial charge < -0.3 is 5.11 Å². The van der Waals surface area contributed by atoms with Gasteiger partial charge in [-0.25, -0.2) is 13.1 Å². The van der Waals surface area contributed by atoms with Crippen molar-refractivity contribution in [3.05, 3.63) is 50.6 Å². The molecule has 2 rings (SSSR count). The van der Waals surface area contributed by atoms with Crippen LogP contribution in [0.5, 0.6) is 0 Å². The first-order valence-electron chi connectivity index (χ1n) is 5.43. The molecule has 2 N–H and O–H groups in total. The van der Waals surface area contributed by atoms with Gasteiger partial charge in [0.25, 0.3) is 0 Å². The molecule has 19 heavy (non-hydrogen) atoms. The average Bonchev–Trinajstić information content (AvgIpc) is 2.82. The van der Waals surface area contributed by atoms with E-state index in [1.54, 1.807) is 12.1 Å². The zero-order valence-corrected chi connectivity index (χ0v) is 13.1. The Balaban J connectivity index is 2.13. The number of sulfonamides is 1. The SMILES string of the molecule is O=S(=O)(NCc1cc(Br)cs1)c1cccc(CO)c1. The zero-order chi connectivity index (χ0) is 13.9. The standard InChI is InChI=1S/C12H12BrNO3S2/c13-10-5-11(18-8-10)6-14-19(16,17)12-3-1-2-9(4-12)7-15/h1-5,8,14-15H,6-7H2. The van der Waals surface area contributed by atoms with Gasteiger partial charge in [0.1, 0.15) is 0 Å². The molecule has 0 saturated carbocycles. The molecule has 1 aromatic heterocycles. The highest BCUT2D eigenvalue weighted by molar-refractivity contribution is 9.10. The smallest absolute Gasteiger partial charge is 0.240 e. The number of rotatable bonds is 5. The molecule has 7 heteroatoms. The van der Waals surface area contributed by atoms with E-state index in [1.807, 2.05) is 11.4 Å². The van der Waals surface area contributed by atoms with Gasteiger partial charge >= 0.3 is 0 Å². The lowest BCUT2D eigenvalue weighted by Gasteiger charge is -2.06. The predicted molar refractivity (Wildman–Crippen MR) is 78.4 cm³/mol. The lowest BCUT2D eigenvalue weighted by Crippen LogP contribution is -2.22. The van der Waals surface area contributed by atoms with Crippen LogP contribution >= 0.6 is 27.3 Å². The summed E-state index contributed by atoms with van der Waals surface area (Å²) < 4.78 is 27.6. The van der Waals surface area contributed by atoms with Crippen molar-refractivity contribution in [3.63, 3.8) is 0 Å². The van der Waals surface area contributed by atoms with Crippen LogP contribution in [-0.2, 0) is 23.2 Å². The van der Waals surface area contributed by atoms with Gasteiger partial charge in [-0.2, -0.15) is 0 Å². The van der Waals surface area contributed by atoms with E-state index >= 15 is 0 Å². The van der Waals surface area contributed by atoms with Gasteiger partial charge in [0.2, 0.25) is 10.0 Å². The normalized spacial score (nSPS) is 11.7. The monoisotopic (exact) mass is 361 g/mol. The third kappa shape index (κ3) is 3.87. The lowest BCUT2D eigenvalue weighted by molar-refractivity contribution is 0.281. The van der Waals surface area contributed by atoms with Crippen molar-refractivity contribution in [3.8, 4) is 0 Å². The Bertz CT molecular complexity index is 667. The maximum atomic E-state index is 12.1. The second-order valence-electron chi connectivity index (χ2n) is 3.86. The van der Waals surface area contributed by atoms with E-state index in [9.17, 15) is 8.42 Å². The fraction of sp³-hybridized carbons (Fsp3) is 0.167. The van der Waals surface area contributed by atoms with Gasteiger partial charge in [0.15, 0.2) is 0 Å². The molecular formula is C12H12BrNO3S2. The maximum Gasteiger partial charge on any atom is 0.240 e. The second-order valence-corrected chi connectivity index (χ2v) is 7.54. The number of hydrogen-bond donors (Lipinski definition) is 2. The van der Waals surface area contributed by atoms with E-state index in [0.29, 0.717) is 5.56 Å². The molecule has 2 aromatic rings. The molecule has 0 aliphatic rings. The van der Waals surface area contributed by atoms with Crippen molar-refractivity contribution in [2.45, 2.75) is 18.0 Å². The van der Waals surface area contributed by atoms with Gasteiger partial charge in [-0.3, -0.25) is 0 Å². The fourth-order valence-corrected chi connectivity index (χ4v) is 4.07. The van der Waals surface area contributed by atoms with Crippen LogP contribution in [0.1, 0.15) is 10.4 Å². The molecule has 0 unspecified atom stereocenters. The van der Waals surface area contributed by atoms with Crippen molar-refractivity contribution in [2.24, 2.45) is 0 Å². The first kappa shape index (κ1) is 14.7. The predicted octanol–water partition coefficient (Wildman–Crippen LogP) is 2.48. The lowest BCUT2D eigenvalue weighted by atomic mass is 10.2. The van der Waals surface area contributed by atoms with Gasteiger partial charge in [-0.1, -0.05) is 12.1 Å².